The van der Waals surface area contributed by atoms with E-state index in [1.807, 2.05) is 57.1 Å². The molecule has 1 unspecified atom stereocenters. The first-order valence-corrected chi connectivity index (χ1v) is 10.0. The Kier molecular flexibility index (Phi) is 9.44. The van der Waals surface area contributed by atoms with Gasteiger partial charge in [0.05, 0.1) is 18.4 Å². The van der Waals surface area contributed by atoms with Gasteiger partial charge in [-0.1, -0.05) is 30.3 Å². The molecule has 0 radical (unpaired) electrons. The Balaban J connectivity index is 0.00000364. The standard InChI is InChI=1S/C19H29N5OS.HI/c1-19(2,3)26(25)12-11-21-18(20-4)24(5)14-17-22-13-16(23-17)15-9-7-6-8-10-15;/h6-10,13H,11-12,14H2,1-5H3,(H,20,21)(H,22,23);1H. The lowest BCUT2D eigenvalue weighted by molar-refractivity contribution is 0.466. The average Bonchev–Trinajstić information content (AvgIpc) is 3.06. The van der Waals surface area contributed by atoms with Gasteiger partial charge in [0.15, 0.2) is 5.96 Å². The van der Waals surface area contributed by atoms with E-state index in [0.717, 1.165) is 23.0 Å². The van der Waals surface area contributed by atoms with Crippen molar-refractivity contribution in [2.24, 2.45) is 4.99 Å². The number of hydrogen-bond acceptors (Lipinski definition) is 3. The zero-order chi connectivity index (χ0) is 19.2. The van der Waals surface area contributed by atoms with Gasteiger partial charge in [-0.25, -0.2) is 4.98 Å². The van der Waals surface area contributed by atoms with E-state index in [0.29, 0.717) is 18.8 Å². The quantitative estimate of drug-likeness (QED) is 0.361. The van der Waals surface area contributed by atoms with Gasteiger partial charge in [0, 0.05) is 41.9 Å². The van der Waals surface area contributed by atoms with E-state index in [9.17, 15) is 4.21 Å². The van der Waals surface area contributed by atoms with Crippen molar-refractivity contribution in [1.29, 1.82) is 0 Å². The largest absolute Gasteiger partial charge is 0.355 e. The van der Waals surface area contributed by atoms with Gasteiger partial charge in [-0.05, 0) is 26.3 Å². The molecule has 0 aliphatic carbocycles. The molecule has 1 aromatic carbocycles. The highest BCUT2D eigenvalue weighted by atomic mass is 127. The molecule has 150 valence electrons. The van der Waals surface area contributed by atoms with Crippen LogP contribution in [-0.4, -0.2) is 56.2 Å². The summed E-state index contributed by atoms with van der Waals surface area (Å²) < 4.78 is 11.9. The molecule has 6 nitrogen and oxygen atoms in total. The summed E-state index contributed by atoms with van der Waals surface area (Å²) in [5, 5.41) is 3.27. The third-order valence-electron chi connectivity index (χ3n) is 3.93. The molecule has 0 saturated carbocycles. The molecule has 0 aliphatic rings. The third-order valence-corrected chi connectivity index (χ3v) is 5.87. The maximum Gasteiger partial charge on any atom is 0.193 e. The first-order chi connectivity index (χ1) is 12.3. The molecule has 8 heteroatoms. The van der Waals surface area contributed by atoms with Gasteiger partial charge < -0.3 is 15.2 Å². The first kappa shape index (κ1) is 23.6. The van der Waals surface area contributed by atoms with Crippen LogP contribution >= 0.6 is 24.0 Å². The highest BCUT2D eigenvalue weighted by molar-refractivity contribution is 14.0. The summed E-state index contributed by atoms with van der Waals surface area (Å²) in [6, 6.07) is 10.1. The van der Waals surface area contributed by atoms with Crippen LogP contribution in [0.4, 0.5) is 0 Å². The van der Waals surface area contributed by atoms with Gasteiger partial charge in [0.25, 0.3) is 0 Å². The number of H-pyrrole nitrogens is 1. The van der Waals surface area contributed by atoms with Crippen LogP contribution in [0.2, 0.25) is 0 Å². The first-order valence-electron chi connectivity index (χ1n) is 8.71. The fourth-order valence-corrected chi connectivity index (χ4v) is 3.35. The Morgan fingerprint density at radius 3 is 2.56 bits per heavy atom. The van der Waals surface area contributed by atoms with Crippen molar-refractivity contribution < 1.29 is 4.21 Å². The van der Waals surface area contributed by atoms with E-state index in [1.54, 1.807) is 7.05 Å². The van der Waals surface area contributed by atoms with Crippen molar-refractivity contribution in [3.63, 3.8) is 0 Å². The monoisotopic (exact) mass is 503 g/mol. The summed E-state index contributed by atoms with van der Waals surface area (Å²) >= 11 is 0. The molecular formula is C19H30IN5OS. The van der Waals surface area contributed by atoms with E-state index in [4.69, 9.17) is 0 Å². The van der Waals surface area contributed by atoms with Gasteiger partial charge >= 0.3 is 0 Å². The third kappa shape index (κ3) is 7.25. The molecule has 2 aromatic rings. The predicted octanol–water partition coefficient (Wildman–Crippen LogP) is 3.25. The van der Waals surface area contributed by atoms with Gasteiger partial charge in [0.2, 0.25) is 0 Å². The number of nitrogens with zero attached hydrogens (tertiary/aromatic N) is 3. The number of rotatable bonds is 6. The normalized spacial score (nSPS) is 13.0. The van der Waals surface area contributed by atoms with E-state index in [-0.39, 0.29) is 28.7 Å². The number of benzene rings is 1. The lowest BCUT2D eigenvalue weighted by Gasteiger charge is -2.22. The van der Waals surface area contributed by atoms with Crippen LogP contribution in [0.5, 0.6) is 0 Å². The SMILES string of the molecule is CN=C(NCCS(=O)C(C)(C)C)N(C)Cc1ncc(-c2ccccc2)[nH]1.I. The molecule has 0 bridgehead atoms. The fraction of sp³-hybridized carbons (Fsp3) is 0.474. The summed E-state index contributed by atoms with van der Waals surface area (Å²) in [4.78, 5) is 14.1. The molecule has 0 spiro atoms. The van der Waals surface area contributed by atoms with Crippen LogP contribution in [0.15, 0.2) is 41.5 Å². The van der Waals surface area contributed by atoms with Crippen molar-refractivity contribution in [3.05, 3.63) is 42.4 Å². The van der Waals surface area contributed by atoms with Crippen molar-refractivity contribution >= 4 is 40.7 Å². The second-order valence-electron chi connectivity index (χ2n) is 7.10. The maximum atomic E-state index is 12.1. The molecule has 2 rings (SSSR count). The van der Waals surface area contributed by atoms with Crippen molar-refractivity contribution in [3.8, 4) is 11.3 Å². The predicted molar refractivity (Wildman–Crippen MR) is 125 cm³/mol. The number of guanidine groups is 1. The molecule has 1 aromatic heterocycles. The molecule has 0 fully saturated rings. The van der Waals surface area contributed by atoms with Crippen LogP contribution in [-0.2, 0) is 17.3 Å². The Bertz CT molecular complexity index is 755. The minimum Gasteiger partial charge on any atom is -0.355 e. The van der Waals surface area contributed by atoms with Gasteiger partial charge in [-0.3, -0.25) is 9.20 Å². The molecule has 27 heavy (non-hydrogen) atoms. The van der Waals surface area contributed by atoms with Crippen LogP contribution in [0.25, 0.3) is 11.3 Å². The Labute approximate surface area is 181 Å². The summed E-state index contributed by atoms with van der Waals surface area (Å²) in [6.07, 6.45) is 1.85. The van der Waals surface area contributed by atoms with Gasteiger partial charge in [0.1, 0.15) is 5.82 Å². The van der Waals surface area contributed by atoms with Crippen LogP contribution in [0.1, 0.15) is 26.6 Å². The zero-order valence-corrected chi connectivity index (χ0v) is 19.8. The fourth-order valence-electron chi connectivity index (χ4n) is 2.45. The Hall–Kier alpha value is -1.42. The molecule has 1 atom stereocenters. The van der Waals surface area contributed by atoms with Crippen molar-refractivity contribution in [2.75, 3.05) is 26.4 Å². The Morgan fingerprint density at radius 2 is 1.96 bits per heavy atom. The minimum atomic E-state index is -0.879. The highest BCUT2D eigenvalue weighted by Crippen LogP contribution is 2.16. The molecule has 0 aliphatic heterocycles. The number of imidazole rings is 1. The number of nitrogens with one attached hydrogen (secondary N) is 2. The van der Waals surface area contributed by atoms with E-state index in [1.165, 1.54) is 0 Å². The van der Waals surface area contributed by atoms with E-state index >= 15 is 0 Å². The average molecular weight is 503 g/mol. The number of aromatic nitrogens is 2. The smallest absolute Gasteiger partial charge is 0.193 e. The highest BCUT2D eigenvalue weighted by Gasteiger charge is 2.19. The molecular weight excluding hydrogens is 473 g/mol. The van der Waals surface area contributed by atoms with Crippen molar-refractivity contribution in [2.45, 2.75) is 32.1 Å². The van der Waals surface area contributed by atoms with Crippen LogP contribution in [0, 0.1) is 0 Å². The second-order valence-corrected chi connectivity index (χ2v) is 9.43. The maximum absolute atomic E-state index is 12.1. The number of hydrogen-bond donors (Lipinski definition) is 2. The van der Waals surface area contributed by atoms with Gasteiger partial charge in [-0.2, -0.15) is 0 Å². The molecule has 2 N–H and O–H groups in total. The summed E-state index contributed by atoms with van der Waals surface area (Å²) in [5.41, 5.74) is 2.11. The number of aromatic amines is 1. The molecule has 1 heterocycles. The second kappa shape index (κ2) is 10.8. The number of aliphatic imine (C=N–C) groups is 1. The minimum absolute atomic E-state index is 0. The topological polar surface area (TPSA) is 73.4 Å². The zero-order valence-electron chi connectivity index (χ0n) is 16.7. The van der Waals surface area contributed by atoms with Gasteiger partial charge in [-0.15, -0.1) is 24.0 Å². The van der Waals surface area contributed by atoms with Crippen LogP contribution < -0.4 is 5.32 Å². The Morgan fingerprint density at radius 1 is 1.30 bits per heavy atom. The summed E-state index contributed by atoms with van der Waals surface area (Å²) in [7, 11) is 2.83. The van der Waals surface area contributed by atoms with Crippen LogP contribution in [0.3, 0.4) is 0 Å². The van der Waals surface area contributed by atoms with E-state index < -0.39 is 10.8 Å². The summed E-state index contributed by atoms with van der Waals surface area (Å²) in [5.74, 6) is 2.22. The summed E-state index contributed by atoms with van der Waals surface area (Å²) in [6.45, 7) is 7.20. The van der Waals surface area contributed by atoms with E-state index in [2.05, 4.69) is 32.4 Å². The molecule has 0 amide bonds. The van der Waals surface area contributed by atoms with Crippen molar-refractivity contribution in [1.82, 2.24) is 20.2 Å². The lowest BCUT2D eigenvalue weighted by atomic mass is 10.2. The molecule has 0 saturated heterocycles. The lowest BCUT2D eigenvalue weighted by Crippen LogP contribution is -2.41. The number of halogens is 1.